The molecule has 1 atom stereocenters. The lowest BCUT2D eigenvalue weighted by molar-refractivity contribution is -0.116. The molecule has 1 aromatic rings. The van der Waals surface area contributed by atoms with Crippen LogP contribution in [-0.4, -0.2) is 52.8 Å². The molecule has 1 fully saturated rings. The monoisotopic (exact) mass is 325 g/mol. The molecule has 7 heteroatoms. The number of terminal acetylenes is 1. The first-order chi connectivity index (χ1) is 11.0. The Balaban J connectivity index is 1.95. The predicted molar refractivity (Wildman–Crippen MR) is 81.1 cm³/mol. The van der Waals surface area contributed by atoms with Gasteiger partial charge in [-0.15, -0.1) is 12.3 Å². The van der Waals surface area contributed by atoms with E-state index in [-0.39, 0.29) is 25.3 Å². The zero-order valence-corrected chi connectivity index (χ0v) is 13.2. The maximum atomic E-state index is 14.3. The van der Waals surface area contributed by atoms with Crippen molar-refractivity contribution >= 4 is 5.97 Å². The number of likely N-dealkylation sites (tertiary alicyclic amines) is 1. The van der Waals surface area contributed by atoms with Gasteiger partial charge in [-0.25, -0.2) is 13.6 Å². The molecular formula is C16H21F2N3O2. The smallest absolute Gasteiger partial charge is 0.341 e. The number of carbonyl (C=O) groups excluding carboxylic acids is 1. The number of nitrogens with zero attached hydrogens (tertiary/aromatic N) is 3. The van der Waals surface area contributed by atoms with E-state index in [4.69, 9.17) is 11.2 Å². The molecule has 1 unspecified atom stereocenters. The molecule has 5 nitrogen and oxygen atoms in total. The highest BCUT2D eigenvalue weighted by molar-refractivity contribution is 5.88. The molecular weight excluding hydrogens is 304 g/mol. The number of alkyl halides is 2. The van der Waals surface area contributed by atoms with E-state index in [1.807, 2.05) is 0 Å². The summed E-state index contributed by atoms with van der Waals surface area (Å²) in [5, 5.41) is 3.99. The fraction of sp³-hybridized carbons (Fsp3) is 0.625. The van der Waals surface area contributed by atoms with Crippen LogP contribution in [0.3, 0.4) is 0 Å². The number of ether oxygens (including phenoxy) is 1. The number of carbonyl (C=O) groups is 1. The van der Waals surface area contributed by atoms with Crippen molar-refractivity contribution in [2.75, 3.05) is 26.2 Å². The van der Waals surface area contributed by atoms with Crippen LogP contribution in [0.15, 0.2) is 12.4 Å². The van der Waals surface area contributed by atoms with Gasteiger partial charge in [-0.3, -0.25) is 9.58 Å². The summed E-state index contributed by atoms with van der Waals surface area (Å²) in [6.45, 7) is 2.84. The summed E-state index contributed by atoms with van der Waals surface area (Å²) in [4.78, 5) is 13.3. The lowest BCUT2D eigenvalue weighted by atomic mass is 9.92. The third kappa shape index (κ3) is 4.52. The summed E-state index contributed by atoms with van der Waals surface area (Å²) in [7, 11) is 0. The summed E-state index contributed by atoms with van der Waals surface area (Å²) in [6.07, 6.45) is 8.82. The molecule has 0 amide bonds. The third-order valence-electron chi connectivity index (χ3n) is 3.95. The molecule has 2 rings (SSSR count). The van der Waals surface area contributed by atoms with Gasteiger partial charge >= 0.3 is 5.97 Å². The normalized spacial score (nSPS) is 20.9. The minimum atomic E-state index is -2.80. The van der Waals surface area contributed by atoms with Crippen LogP contribution in [0.1, 0.15) is 30.1 Å². The van der Waals surface area contributed by atoms with Crippen molar-refractivity contribution in [1.29, 1.82) is 0 Å². The van der Waals surface area contributed by atoms with Gasteiger partial charge in [0.15, 0.2) is 0 Å². The molecule has 0 spiro atoms. The molecule has 23 heavy (non-hydrogen) atoms. The van der Waals surface area contributed by atoms with Gasteiger partial charge in [0.2, 0.25) is 0 Å². The van der Waals surface area contributed by atoms with Crippen molar-refractivity contribution in [2.24, 2.45) is 5.92 Å². The van der Waals surface area contributed by atoms with E-state index in [0.717, 1.165) is 0 Å². The molecule has 1 aliphatic rings. The molecule has 1 aliphatic heterocycles. The number of hydrogen-bond acceptors (Lipinski definition) is 4. The van der Waals surface area contributed by atoms with Crippen LogP contribution in [0.25, 0.3) is 0 Å². The highest BCUT2D eigenvalue weighted by Crippen LogP contribution is 2.34. The topological polar surface area (TPSA) is 47.4 Å². The van der Waals surface area contributed by atoms with Crippen molar-refractivity contribution in [3.8, 4) is 12.3 Å². The van der Waals surface area contributed by atoms with Crippen LogP contribution in [-0.2, 0) is 11.3 Å². The SMILES string of the molecule is C#CCCN1CCC(Cn2cc(C(=O)OCC)cn2)C(F)(F)C1. The van der Waals surface area contributed by atoms with Crippen molar-refractivity contribution in [2.45, 2.75) is 32.2 Å². The van der Waals surface area contributed by atoms with E-state index in [9.17, 15) is 13.6 Å². The number of rotatable bonds is 6. The average molecular weight is 325 g/mol. The summed E-state index contributed by atoms with van der Waals surface area (Å²) >= 11 is 0. The van der Waals surface area contributed by atoms with Crippen LogP contribution in [0, 0.1) is 18.3 Å². The van der Waals surface area contributed by atoms with E-state index >= 15 is 0 Å². The minimum Gasteiger partial charge on any atom is -0.462 e. The standard InChI is InChI=1S/C16H21F2N3O2/c1-3-5-7-20-8-6-14(16(17,18)12-20)11-21-10-13(9-19-21)15(22)23-4-2/h1,9-10,14H,4-8,11-12H2,2H3. The second-order valence-corrected chi connectivity index (χ2v) is 5.65. The quantitative estimate of drug-likeness (QED) is 0.593. The Kier molecular flexibility index (Phi) is 5.72. The van der Waals surface area contributed by atoms with Gasteiger partial charge in [0.25, 0.3) is 5.92 Å². The second-order valence-electron chi connectivity index (χ2n) is 5.65. The Morgan fingerprint density at radius 3 is 3.04 bits per heavy atom. The van der Waals surface area contributed by atoms with Crippen LogP contribution >= 0.6 is 0 Å². The van der Waals surface area contributed by atoms with Crippen LogP contribution in [0.5, 0.6) is 0 Å². The first kappa shape index (κ1) is 17.4. The van der Waals surface area contributed by atoms with Gasteiger partial charge in [-0.2, -0.15) is 5.10 Å². The van der Waals surface area contributed by atoms with E-state index in [2.05, 4.69) is 11.0 Å². The molecule has 0 radical (unpaired) electrons. The fourth-order valence-corrected chi connectivity index (χ4v) is 2.70. The Morgan fingerprint density at radius 2 is 2.39 bits per heavy atom. The number of halogens is 2. The molecule has 0 aromatic carbocycles. The van der Waals surface area contributed by atoms with Gasteiger partial charge in [-0.05, 0) is 19.9 Å². The number of hydrogen-bond donors (Lipinski definition) is 0. The summed E-state index contributed by atoms with van der Waals surface area (Å²) in [5.41, 5.74) is 0.279. The van der Waals surface area contributed by atoms with Crippen LogP contribution < -0.4 is 0 Å². The van der Waals surface area contributed by atoms with Gasteiger partial charge in [-0.1, -0.05) is 0 Å². The molecule has 0 N–H and O–H groups in total. The Morgan fingerprint density at radius 1 is 1.61 bits per heavy atom. The van der Waals surface area contributed by atoms with Gasteiger partial charge in [0, 0.05) is 31.6 Å². The molecule has 0 bridgehead atoms. The summed E-state index contributed by atoms with van der Waals surface area (Å²) in [6, 6.07) is 0. The number of piperidine rings is 1. The van der Waals surface area contributed by atoms with E-state index in [1.165, 1.54) is 17.1 Å². The molecule has 126 valence electrons. The zero-order chi connectivity index (χ0) is 16.9. The minimum absolute atomic E-state index is 0.0788. The molecule has 2 heterocycles. The van der Waals surface area contributed by atoms with Crippen LogP contribution in [0.2, 0.25) is 0 Å². The Bertz CT molecular complexity index is 580. The highest BCUT2D eigenvalue weighted by atomic mass is 19.3. The first-order valence-electron chi connectivity index (χ1n) is 7.69. The highest BCUT2D eigenvalue weighted by Gasteiger charge is 2.44. The van der Waals surface area contributed by atoms with Crippen molar-refractivity contribution in [1.82, 2.24) is 14.7 Å². The molecule has 0 aliphatic carbocycles. The van der Waals surface area contributed by atoms with Gasteiger partial charge < -0.3 is 4.74 Å². The zero-order valence-electron chi connectivity index (χ0n) is 13.2. The molecule has 0 saturated carbocycles. The maximum absolute atomic E-state index is 14.3. The molecule has 1 aromatic heterocycles. The van der Waals surface area contributed by atoms with E-state index in [0.29, 0.717) is 25.9 Å². The number of esters is 1. The largest absolute Gasteiger partial charge is 0.462 e. The maximum Gasteiger partial charge on any atom is 0.341 e. The second kappa shape index (κ2) is 7.55. The third-order valence-corrected chi connectivity index (χ3v) is 3.95. The molecule has 1 saturated heterocycles. The number of aromatic nitrogens is 2. The predicted octanol–water partition coefficient (Wildman–Crippen LogP) is 2.04. The fourth-order valence-electron chi connectivity index (χ4n) is 2.70. The van der Waals surface area contributed by atoms with E-state index in [1.54, 1.807) is 11.8 Å². The lowest BCUT2D eigenvalue weighted by Crippen LogP contribution is -2.50. The van der Waals surface area contributed by atoms with Gasteiger partial charge in [0.05, 0.1) is 24.9 Å². The van der Waals surface area contributed by atoms with Crippen molar-refractivity contribution < 1.29 is 18.3 Å². The summed E-state index contributed by atoms with van der Waals surface area (Å²) < 4.78 is 34.8. The Labute approximate surface area is 134 Å². The summed E-state index contributed by atoms with van der Waals surface area (Å²) in [5.74, 6) is -1.63. The lowest BCUT2D eigenvalue weighted by Gasteiger charge is -2.38. The average Bonchev–Trinajstić information content (AvgIpc) is 2.96. The van der Waals surface area contributed by atoms with E-state index < -0.39 is 17.8 Å². The first-order valence-corrected chi connectivity index (χ1v) is 7.69. The Hall–Kier alpha value is -1.94. The van der Waals surface area contributed by atoms with Gasteiger partial charge in [0.1, 0.15) is 0 Å². The van der Waals surface area contributed by atoms with Crippen molar-refractivity contribution in [3.63, 3.8) is 0 Å². The van der Waals surface area contributed by atoms with Crippen molar-refractivity contribution in [3.05, 3.63) is 18.0 Å². The van der Waals surface area contributed by atoms with Crippen LogP contribution in [0.4, 0.5) is 8.78 Å².